The molecule has 132 valence electrons. The molecular formula is C18H17Cl2NO4. The maximum Gasteiger partial charge on any atom is 0.310 e. The van der Waals surface area contributed by atoms with Crippen molar-refractivity contribution in [2.24, 2.45) is 0 Å². The number of carbonyl (C=O) groups excluding carboxylic acids is 2. The molecule has 0 saturated carbocycles. The summed E-state index contributed by atoms with van der Waals surface area (Å²) in [5, 5.41) is 3.35. The normalized spacial score (nSPS) is 11.5. The molecule has 0 aliphatic heterocycles. The van der Waals surface area contributed by atoms with Crippen LogP contribution in [0.2, 0.25) is 10.0 Å². The van der Waals surface area contributed by atoms with E-state index in [1.807, 2.05) is 18.2 Å². The largest absolute Gasteiger partial charge is 0.493 e. The molecule has 25 heavy (non-hydrogen) atoms. The van der Waals surface area contributed by atoms with Crippen molar-refractivity contribution < 1.29 is 19.1 Å². The van der Waals surface area contributed by atoms with E-state index in [4.69, 9.17) is 32.7 Å². The van der Waals surface area contributed by atoms with E-state index in [0.29, 0.717) is 21.5 Å². The minimum Gasteiger partial charge on any atom is -0.493 e. The van der Waals surface area contributed by atoms with Gasteiger partial charge in [0.1, 0.15) is 5.75 Å². The zero-order chi connectivity index (χ0) is 18.2. The van der Waals surface area contributed by atoms with E-state index < -0.39 is 18.0 Å². The van der Waals surface area contributed by atoms with E-state index in [-0.39, 0.29) is 13.0 Å². The topological polar surface area (TPSA) is 64.6 Å². The highest BCUT2D eigenvalue weighted by Gasteiger charge is 2.18. The van der Waals surface area contributed by atoms with Gasteiger partial charge in [0, 0.05) is 5.02 Å². The molecule has 0 spiro atoms. The van der Waals surface area contributed by atoms with Gasteiger partial charge in [0.05, 0.1) is 23.7 Å². The van der Waals surface area contributed by atoms with Crippen LogP contribution >= 0.6 is 23.2 Å². The summed E-state index contributed by atoms with van der Waals surface area (Å²) in [6.07, 6.45) is -0.926. The Labute approximate surface area is 155 Å². The summed E-state index contributed by atoms with van der Waals surface area (Å²) >= 11 is 11.8. The van der Waals surface area contributed by atoms with Crippen LogP contribution in [0.5, 0.6) is 5.75 Å². The Morgan fingerprint density at radius 3 is 2.52 bits per heavy atom. The van der Waals surface area contributed by atoms with E-state index in [9.17, 15) is 9.59 Å². The molecule has 0 radical (unpaired) electrons. The zero-order valence-electron chi connectivity index (χ0n) is 13.5. The van der Waals surface area contributed by atoms with Gasteiger partial charge in [-0.15, -0.1) is 0 Å². The molecule has 0 aromatic heterocycles. The molecule has 7 heteroatoms. The minimum atomic E-state index is -0.962. The molecule has 0 aliphatic rings. The number of rotatable bonds is 7. The van der Waals surface area contributed by atoms with Crippen molar-refractivity contribution in [3.05, 3.63) is 58.6 Å². The van der Waals surface area contributed by atoms with Crippen LogP contribution in [0.15, 0.2) is 48.5 Å². The minimum absolute atomic E-state index is 0.0359. The fourth-order valence-electron chi connectivity index (χ4n) is 1.90. The van der Waals surface area contributed by atoms with Crippen molar-refractivity contribution >= 4 is 40.8 Å². The molecule has 5 nitrogen and oxygen atoms in total. The van der Waals surface area contributed by atoms with Crippen molar-refractivity contribution in [2.75, 3.05) is 11.9 Å². The van der Waals surface area contributed by atoms with Crippen LogP contribution in [0.1, 0.15) is 13.3 Å². The van der Waals surface area contributed by atoms with Crippen LogP contribution in [-0.4, -0.2) is 24.6 Å². The number of carbonyl (C=O) groups is 2. The van der Waals surface area contributed by atoms with Crippen LogP contribution in [0.25, 0.3) is 0 Å². The summed E-state index contributed by atoms with van der Waals surface area (Å²) < 4.78 is 10.5. The van der Waals surface area contributed by atoms with Gasteiger partial charge in [-0.3, -0.25) is 9.59 Å². The summed E-state index contributed by atoms with van der Waals surface area (Å²) in [5.41, 5.74) is 0.395. The summed E-state index contributed by atoms with van der Waals surface area (Å²) in [4.78, 5) is 23.9. The van der Waals surface area contributed by atoms with Crippen molar-refractivity contribution in [3.63, 3.8) is 0 Å². The van der Waals surface area contributed by atoms with Gasteiger partial charge in [0.2, 0.25) is 0 Å². The molecule has 1 unspecified atom stereocenters. The van der Waals surface area contributed by atoms with E-state index in [2.05, 4.69) is 5.32 Å². The summed E-state index contributed by atoms with van der Waals surface area (Å²) in [7, 11) is 0. The number of hydrogen-bond acceptors (Lipinski definition) is 4. The van der Waals surface area contributed by atoms with Gasteiger partial charge in [-0.05, 0) is 37.3 Å². The Bertz CT molecular complexity index is 737. The highest BCUT2D eigenvalue weighted by atomic mass is 35.5. The lowest BCUT2D eigenvalue weighted by Gasteiger charge is -2.14. The van der Waals surface area contributed by atoms with Gasteiger partial charge in [-0.2, -0.15) is 0 Å². The number of nitrogens with one attached hydrogen (secondary N) is 1. The number of esters is 1. The van der Waals surface area contributed by atoms with Crippen molar-refractivity contribution in [2.45, 2.75) is 19.4 Å². The van der Waals surface area contributed by atoms with Crippen LogP contribution in [0.4, 0.5) is 5.69 Å². The monoisotopic (exact) mass is 381 g/mol. The molecule has 0 fully saturated rings. The quantitative estimate of drug-likeness (QED) is 0.724. The standard InChI is InChI=1S/C18H17Cl2NO4/c1-12(18(23)21-16-8-7-13(19)11-15(16)20)25-17(22)9-10-24-14-5-3-2-4-6-14/h2-8,11-12H,9-10H2,1H3,(H,21,23). The molecule has 2 aromatic rings. The second-order valence-electron chi connectivity index (χ2n) is 5.16. The number of halogens is 2. The number of amides is 1. The van der Waals surface area contributed by atoms with Gasteiger partial charge < -0.3 is 14.8 Å². The first-order valence-electron chi connectivity index (χ1n) is 7.59. The lowest BCUT2D eigenvalue weighted by molar-refractivity contribution is -0.153. The number of anilines is 1. The summed E-state index contributed by atoms with van der Waals surface area (Å²) in [6, 6.07) is 13.8. The average molecular weight is 382 g/mol. The van der Waals surface area contributed by atoms with Crippen LogP contribution in [0, 0.1) is 0 Å². The molecule has 0 saturated heterocycles. The van der Waals surface area contributed by atoms with Crippen LogP contribution in [-0.2, 0) is 14.3 Å². The molecule has 1 N–H and O–H groups in total. The maximum absolute atomic E-state index is 12.1. The van der Waals surface area contributed by atoms with Crippen LogP contribution in [0.3, 0.4) is 0 Å². The van der Waals surface area contributed by atoms with Crippen molar-refractivity contribution in [1.82, 2.24) is 0 Å². The molecule has 1 atom stereocenters. The molecule has 1 amide bonds. The second-order valence-corrected chi connectivity index (χ2v) is 6.00. The highest BCUT2D eigenvalue weighted by Crippen LogP contribution is 2.25. The Hall–Kier alpha value is -2.24. The number of hydrogen-bond donors (Lipinski definition) is 1. The first-order valence-corrected chi connectivity index (χ1v) is 8.34. The van der Waals surface area contributed by atoms with Crippen molar-refractivity contribution in [1.29, 1.82) is 0 Å². The lowest BCUT2D eigenvalue weighted by atomic mass is 10.3. The predicted octanol–water partition coefficient (Wildman–Crippen LogP) is 4.33. The first-order chi connectivity index (χ1) is 12.0. The Balaban J connectivity index is 1.77. The third-order valence-electron chi connectivity index (χ3n) is 3.18. The maximum atomic E-state index is 12.1. The highest BCUT2D eigenvalue weighted by molar-refractivity contribution is 6.36. The van der Waals surface area contributed by atoms with E-state index in [0.717, 1.165) is 0 Å². The second kappa shape index (κ2) is 9.30. The molecule has 0 heterocycles. The van der Waals surface area contributed by atoms with Crippen LogP contribution < -0.4 is 10.1 Å². The van der Waals surface area contributed by atoms with Gasteiger partial charge in [0.15, 0.2) is 6.10 Å². The molecular weight excluding hydrogens is 365 g/mol. The third-order valence-corrected chi connectivity index (χ3v) is 3.73. The zero-order valence-corrected chi connectivity index (χ0v) is 15.0. The van der Waals surface area contributed by atoms with E-state index in [1.54, 1.807) is 24.3 Å². The number of benzene rings is 2. The third kappa shape index (κ3) is 6.29. The Kier molecular flexibility index (Phi) is 7.10. The predicted molar refractivity (Wildman–Crippen MR) is 97.2 cm³/mol. The van der Waals surface area contributed by atoms with Gasteiger partial charge in [-0.1, -0.05) is 41.4 Å². The summed E-state index contributed by atoms with van der Waals surface area (Å²) in [5.74, 6) is -0.346. The van der Waals surface area contributed by atoms with Crippen molar-refractivity contribution in [3.8, 4) is 5.75 Å². The molecule has 2 aromatic carbocycles. The fourth-order valence-corrected chi connectivity index (χ4v) is 2.36. The summed E-state index contributed by atoms with van der Waals surface area (Å²) in [6.45, 7) is 1.65. The number of ether oxygens (including phenoxy) is 2. The molecule has 0 bridgehead atoms. The van der Waals surface area contributed by atoms with E-state index >= 15 is 0 Å². The number of para-hydroxylation sites is 1. The average Bonchev–Trinajstić information content (AvgIpc) is 2.58. The van der Waals surface area contributed by atoms with E-state index in [1.165, 1.54) is 13.0 Å². The Morgan fingerprint density at radius 1 is 1.12 bits per heavy atom. The first kappa shape index (κ1) is 19.1. The molecule has 2 rings (SSSR count). The molecule has 0 aliphatic carbocycles. The lowest BCUT2D eigenvalue weighted by Crippen LogP contribution is -2.30. The van der Waals surface area contributed by atoms with Gasteiger partial charge in [-0.25, -0.2) is 0 Å². The van der Waals surface area contributed by atoms with Gasteiger partial charge in [0.25, 0.3) is 5.91 Å². The smallest absolute Gasteiger partial charge is 0.310 e. The SMILES string of the molecule is CC(OC(=O)CCOc1ccccc1)C(=O)Nc1ccc(Cl)cc1Cl. The Morgan fingerprint density at radius 2 is 1.84 bits per heavy atom. The fraction of sp³-hybridized carbons (Fsp3) is 0.222. The van der Waals surface area contributed by atoms with Gasteiger partial charge >= 0.3 is 5.97 Å².